The van der Waals surface area contributed by atoms with Crippen molar-refractivity contribution in [2.24, 2.45) is 0 Å². The second kappa shape index (κ2) is 6.09. The minimum absolute atomic E-state index is 0.0862. The number of benzene rings is 1. The van der Waals surface area contributed by atoms with Gasteiger partial charge in [0.1, 0.15) is 0 Å². The zero-order valence-corrected chi connectivity index (χ0v) is 11.9. The highest BCUT2D eigenvalue weighted by molar-refractivity contribution is 6.35. The first-order valence-electron chi connectivity index (χ1n) is 6.24. The van der Waals surface area contributed by atoms with Crippen LogP contribution in [0.3, 0.4) is 0 Å². The van der Waals surface area contributed by atoms with E-state index in [4.69, 9.17) is 23.2 Å². The number of piperazine rings is 1. The van der Waals surface area contributed by atoms with Crippen LogP contribution in [0, 0.1) is 5.82 Å². The summed E-state index contributed by atoms with van der Waals surface area (Å²) in [4.78, 5) is 2.20. The Bertz CT molecular complexity index is 400. The van der Waals surface area contributed by atoms with E-state index in [2.05, 4.69) is 17.1 Å². The summed E-state index contributed by atoms with van der Waals surface area (Å²) < 4.78 is 13.4. The zero-order valence-electron chi connectivity index (χ0n) is 10.3. The van der Waals surface area contributed by atoms with Crippen molar-refractivity contribution in [3.05, 3.63) is 28.0 Å². The molecule has 1 heterocycles. The standard InChI is InChI=1S/C13H17Cl2FN2/c1-2-3-9-8-18(5-4-17-9)10-6-11(14)13(16)12(15)7-10/h6-7,9,17H,2-5,8H2,1H3. The Balaban J connectivity index is 2.15. The van der Waals surface area contributed by atoms with Gasteiger partial charge < -0.3 is 10.2 Å². The van der Waals surface area contributed by atoms with Crippen LogP contribution in [-0.4, -0.2) is 25.7 Å². The van der Waals surface area contributed by atoms with E-state index in [1.807, 2.05) is 0 Å². The lowest BCUT2D eigenvalue weighted by Crippen LogP contribution is -2.50. The molecular weight excluding hydrogens is 274 g/mol. The topological polar surface area (TPSA) is 15.3 Å². The highest BCUT2D eigenvalue weighted by Gasteiger charge is 2.20. The molecule has 0 aliphatic carbocycles. The molecule has 1 aliphatic rings. The van der Waals surface area contributed by atoms with E-state index in [0.29, 0.717) is 6.04 Å². The van der Waals surface area contributed by atoms with Crippen molar-refractivity contribution in [3.63, 3.8) is 0 Å². The van der Waals surface area contributed by atoms with E-state index >= 15 is 0 Å². The molecule has 1 unspecified atom stereocenters. The Morgan fingerprint density at radius 1 is 1.39 bits per heavy atom. The van der Waals surface area contributed by atoms with Gasteiger partial charge in [0.25, 0.3) is 0 Å². The fourth-order valence-corrected chi connectivity index (χ4v) is 2.80. The SMILES string of the molecule is CCCC1CN(c2cc(Cl)c(F)c(Cl)c2)CCN1. The molecule has 1 aromatic rings. The van der Waals surface area contributed by atoms with E-state index in [-0.39, 0.29) is 10.0 Å². The molecule has 18 heavy (non-hydrogen) atoms. The summed E-state index contributed by atoms with van der Waals surface area (Å²) in [5.74, 6) is -0.540. The number of nitrogens with zero attached hydrogens (tertiary/aromatic N) is 1. The first-order valence-corrected chi connectivity index (χ1v) is 7.00. The fourth-order valence-electron chi connectivity index (χ4n) is 2.33. The molecule has 0 bridgehead atoms. The normalized spacial score (nSPS) is 20.2. The molecule has 0 saturated carbocycles. The van der Waals surface area contributed by atoms with E-state index in [0.717, 1.165) is 38.2 Å². The molecular formula is C13H17Cl2FN2. The van der Waals surface area contributed by atoms with Crippen LogP contribution in [0.15, 0.2) is 12.1 Å². The molecule has 0 amide bonds. The first-order chi connectivity index (χ1) is 8.61. The minimum atomic E-state index is -0.540. The average molecular weight is 291 g/mol. The lowest BCUT2D eigenvalue weighted by molar-refractivity contribution is 0.431. The monoisotopic (exact) mass is 290 g/mol. The largest absolute Gasteiger partial charge is 0.369 e. The van der Waals surface area contributed by atoms with E-state index in [9.17, 15) is 4.39 Å². The molecule has 1 saturated heterocycles. The van der Waals surface area contributed by atoms with Gasteiger partial charge in [-0.05, 0) is 18.6 Å². The van der Waals surface area contributed by atoms with Crippen molar-refractivity contribution in [1.82, 2.24) is 5.32 Å². The maximum Gasteiger partial charge on any atom is 0.160 e. The van der Waals surface area contributed by atoms with E-state index < -0.39 is 5.82 Å². The van der Waals surface area contributed by atoms with Crippen molar-refractivity contribution in [3.8, 4) is 0 Å². The Morgan fingerprint density at radius 2 is 2.06 bits per heavy atom. The maximum absolute atomic E-state index is 13.4. The van der Waals surface area contributed by atoms with Crippen molar-refractivity contribution in [2.75, 3.05) is 24.5 Å². The summed E-state index contributed by atoms with van der Waals surface area (Å²) >= 11 is 11.7. The Kier molecular flexibility index (Phi) is 4.71. The number of anilines is 1. The summed E-state index contributed by atoms with van der Waals surface area (Å²) in [6.07, 6.45) is 2.29. The summed E-state index contributed by atoms with van der Waals surface area (Å²) in [6, 6.07) is 3.78. The fraction of sp³-hybridized carbons (Fsp3) is 0.538. The third-order valence-electron chi connectivity index (χ3n) is 3.23. The van der Waals surface area contributed by atoms with Gasteiger partial charge in [-0.1, -0.05) is 36.5 Å². The van der Waals surface area contributed by atoms with Gasteiger partial charge in [0.15, 0.2) is 5.82 Å². The molecule has 2 nitrogen and oxygen atoms in total. The van der Waals surface area contributed by atoms with Crippen molar-refractivity contribution < 1.29 is 4.39 Å². The molecule has 1 aromatic carbocycles. The molecule has 1 fully saturated rings. The van der Waals surface area contributed by atoms with Crippen LogP contribution in [0.4, 0.5) is 10.1 Å². The van der Waals surface area contributed by atoms with E-state index in [1.165, 1.54) is 0 Å². The van der Waals surface area contributed by atoms with Crippen molar-refractivity contribution >= 4 is 28.9 Å². The smallest absolute Gasteiger partial charge is 0.160 e. The second-order valence-corrected chi connectivity index (χ2v) is 5.42. The minimum Gasteiger partial charge on any atom is -0.369 e. The zero-order chi connectivity index (χ0) is 13.1. The van der Waals surface area contributed by atoms with Crippen LogP contribution in [-0.2, 0) is 0 Å². The summed E-state index contributed by atoms with van der Waals surface area (Å²) in [7, 11) is 0. The molecule has 1 N–H and O–H groups in total. The Hall–Kier alpha value is -0.510. The van der Waals surface area contributed by atoms with Crippen LogP contribution in [0.2, 0.25) is 10.0 Å². The van der Waals surface area contributed by atoms with Gasteiger partial charge >= 0.3 is 0 Å². The lowest BCUT2D eigenvalue weighted by Gasteiger charge is -2.35. The quantitative estimate of drug-likeness (QED) is 0.854. The van der Waals surface area contributed by atoms with Crippen LogP contribution in [0.25, 0.3) is 0 Å². The van der Waals surface area contributed by atoms with Crippen molar-refractivity contribution in [2.45, 2.75) is 25.8 Å². The molecule has 2 rings (SSSR count). The Labute approximate surface area is 117 Å². The average Bonchev–Trinajstić information content (AvgIpc) is 2.36. The number of hydrogen-bond acceptors (Lipinski definition) is 2. The summed E-state index contributed by atoms with van der Waals surface area (Å²) in [6.45, 7) is 4.90. The van der Waals surface area contributed by atoms with Gasteiger partial charge in [-0.3, -0.25) is 0 Å². The number of hydrogen-bond donors (Lipinski definition) is 1. The van der Waals surface area contributed by atoms with Gasteiger partial charge in [-0.25, -0.2) is 4.39 Å². The predicted octanol–water partition coefficient (Wildman–Crippen LogP) is 3.71. The summed E-state index contributed by atoms with van der Waals surface area (Å²) in [5, 5.41) is 3.65. The van der Waals surface area contributed by atoms with Gasteiger partial charge in [0.05, 0.1) is 10.0 Å². The van der Waals surface area contributed by atoms with Crippen LogP contribution >= 0.6 is 23.2 Å². The number of halogens is 3. The van der Waals surface area contributed by atoms with Crippen LogP contribution < -0.4 is 10.2 Å². The lowest BCUT2D eigenvalue weighted by atomic mass is 10.1. The molecule has 5 heteroatoms. The second-order valence-electron chi connectivity index (χ2n) is 4.61. The van der Waals surface area contributed by atoms with Gasteiger partial charge in [-0.15, -0.1) is 0 Å². The molecule has 0 aromatic heterocycles. The van der Waals surface area contributed by atoms with Crippen molar-refractivity contribution in [1.29, 1.82) is 0 Å². The highest BCUT2D eigenvalue weighted by Crippen LogP contribution is 2.30. The third kappa shape index (κ3) is 3.08. The highest BCUT2D eigenvalue weighted by atomic mass is 35.5. The molecule has 1 aliphatic heterocycles. The molecule has 1 atom stereocenters. The first kappa shape index (κ1) is 13.9. The van der Waals surface area contributed by atoms with Crippen LogP contribution in [0.5, 0.6) is 0 Å². The molecule has 0 radical (unpaired) electrons. The third-order valence-corrected chi connectivity index (χ3v) is 3.78. The molecule has 0 spiro atoms. The predicted molar refractivity (Wildman–Crippen MR) is 75.3 cm³/mol. The molecule has 100 valence electrons. The Morgan fingerprint density at radius 3 is 2.67 bits per heavy atom. The van der Waals surface area contributed by atoms with E-state index in [1.54, 1.807) is 12.1 Å². The van der Waals surface area contributed by atoms with Gasteiger partial charge in [0, 0.05) is 31.4 Å². The van der Waals surface area contributed by atoms with Crippen LogP contribution in [0.1, 0.15) is 19.8 Å². The number of nitrogens with one attached hydrogen (secondary N) is 1. The number of rotatable bonds is 3. The van der Waals surface area contributed by atoms with Gasteiger partial charge in [-0.2, -0.15) is 0 Å². The summed E-state index contributed by atoms with van der Waals surface area (Å²) in [5.41, 5.74) is 0.897. The van der Waals surface area contributed by atoms with Gasteiger partial charge in [0.2, 0.25) is 0 Å². The maximum atomic E-state index is 13.4.